The molecule has 6 nitrogen and oxygen atoms in total. The van der Waals surface area contributed by atoms with E-state index in [-0.39, 0.29) is 5.69 Å². The van der Waals surface area contributed by atoms with Gasteiger partial charge in [0.25, 0.3) is 5.69 Å². The number of nitro groups is 1. The minimum Gasteiger partial charge on any atom is -0.481 e. The molecule has 1 atom stereocenters. The number of pyridine rings is 1. The van der Waals surface area contributed by atoms with Crippen LogP contribution in [0.4, 0.5) is 5.69 Å². The molecule has 0 spiro atoms. The van der Waals surface area contributed by atoms with Crippen molar-refractivity contribution in [2.75, 3.05) is 7.11 Å². The fourth-order valence-corrected chi connectivity index (χ4v) is 1.65. The second-order valence-corrected chi connectivity index (χ2v) is 3.89. The number of non-ortho nitro benzene ring substituents is 1. The Morgan fingerprint density at radius 1 is 1.21 bits per heavy atom. The Morgan fingerprint density at radius 3 is 2.32 bits per heavy atom. The first-order valence-electron chi connectivity index (χ1n) is 5.54. The molecule has 1 N–H and O–H groups in total. The topological polar surface area (TPSA) is 85.5 Å². The van der Waals surface area contributed by atoms with Crippen LogP contribution < -0.4 is 4.74 Å². The Balaban J connectivity index is 2.22. The second kappa shape index (κ2) is 5.45. The van der Waals surface area contributed by atoms with Crippen LogP contribution in [-0.2, 0) is 0 Å². The minimum absolute atomic E-state index is 0.0104. The fraction of sp³-hybridized carbons (Fsp3) is 0.154. The van der Waals surface area contributed by atoms with E-state index in [2.05, 4.69) is 4.98 Å². The molecule has 0 aliphatic heterocycles. The average molecular weight is 260 g/mol. The van der Waals surface area contributed by atoms with E-state index in [1.165, 1.54) is 37.6 Å². The molecule has 98 valence electrons. The Kier molecular flexibility index (Phi) is 3.72. The number of hydrogen-bond donors (Lipinski definition) is 1. The normalized spacial score (nSPS) is 11.9. The Bertz CT molecular complexity index is 566. The average Bonchev–Trinajstić information content (AvgIpc) is 2.46. The van der Waals surface area contributed by atoms with Crippen LogP contribution in [0.15, 0.2) is 42.6 Å². The van der Waals surface area contributed by atoms with Crippen molar-refractivity contribution < 1.29 is 14.8 Å². The molecule has 0 fully saturated rings. The van der Waals surface area contributed by atoms with Gasteiger partial charge in [-0.25, -0.2) is 4.98 Å². The zero-order valence-corrected chi connectivity index (χ0v) is 10.2. The van der Waals surface area contributed by atoms with Gasteiger partial charge < -0.3 is 9.84 Å². The van der Waals surface area contributed by atoms with Crippen molar-refractivity contribution in [3.05, 3.63) is 63.8 Å². The molecule has 0 aliphatic rings. The third kappa shape index (κ3) is 2.86. The smallest absolute Gasteiger partial charge is 0.269 e. The predicted molar refractivity (Wildman–Crippen MR) is 67.9 cm³/mol. The van der Waals surface area contributed by atoms with Gasteiger partial charge >= 0.3 is 0 Å². The van der Waals surface area contributed by atoms with Crippen molar-refractivity contribution >= 4 is 5.69 Å². The lowest BCUT2D eigenvalue weighted by Gasteiger charge is -2.11. The van der Waals surface area contributed by atoms with Gasteiger partial charge in [0.1, 0.15) is 6.10 Å². The number of methoxy groups -OCH3 is 1. The van der Waals surface area contributed by atoms with E-state index < -0.39 is 11.0 Å². The van der Waals surface area contributed by atoms with Gasteiger partial charge in [0.15, 0.2) is 0 Å². The maximum atomic E-state index is 10.5. The van der Waals surface area contributed by atoms with Crippen LogP contribution in [0.3, 0.4) is 0 Å². The Morgan fingerprint density at radius 2 is 1.84 bits per heavy atom. The molecule has 0 saturated heterocycles. The van der Waals surface area contributed by atoms with Gasteiger partial charge in [0.2, 0.25) is 5.88 Å². The van der Waals surface area contributed by atoms with Crippen LogP contribution in [-0.4, -0.2) is 22.1 Å². The number of aromatic nitrogens is 1. The molecular weight excluding hydrogens is 248 g/mol. The highest BCUT2D eigenvalue weighted by molar-refractivity contribution is 5.37. The van der Waals surface area contributed by atoms with Crippen LogP contribution in [0, 0.1) is 10.1 Å². The van der Waals surface area contributed by atoms with Crippen LogP contribution in [0.5, 0.6) is 5.88 Å². The molecule has 1 unspecified atom stereocenters. The maximum Gasteiger partial charge on any atom is 0.269 e. The van der Waals surface area contributed by atoms with E-state index in [1.807, 2.05) is 0 Å². The quantitative estimate of drug-likeness (QED) is 0.672. The van der Waals surface area contributed by atoms with E-state index in [4.69, 9.17) is 4.74 Å². The van der Waals surface area contributed by atoms with Crippen LogP contribution in [0.25, 0.3) is 0 Å². The minimum atomic E-state index is -0.876. The summed E-state index contributed by atoms with van der Waals surface area (Å²) in [5.74, 6) is 0.458. The van der Waals surface area contributed by atoms with Crippen molar-refractivity contribution in [2.45, 2.75) is 6.10 Å². The van der Waals surface area contributed by atoms with Gasteiger partial charge in [0, 0.05) is 30.0 Å². The molecule has 0 saturated carbocycles. The molecule has 1 aromatic carbocycles. The number of ether oxygens (including phenoxy) is 1. The summed E-state index contributed by atoms with van der Waals surface area (Å²) in [5, 5.41) is 20.7. The number of nitro benzene ring substituents is 1. The number of rotatable bonds is 4. The van der Waals surface area contributed by atoms with Crippen LogP contribution in [0.1, 0.15) is 17.2 Å². The summed E-state index contributed by atoms with van der Waals surface area (Å²) in [6.45, 7) is 0. The number of aliphatic hydroxyl groups excluding tert-OH is 1. The molecule has 0 aliphatic carbocycles. The lowest BCUT2D eigenvalue weighted by molar-refractivity contribution is -0.384. The molecular formula is C13H12N2O4. The molecule has 0 bridgehead atoms. The van der Waals surface area contributed by atoms with Crippen LogP contribution >= 0.6 is 0 Å². The van der Waals surface area contributed by atoms with Gasteiger partial charge in [-0.15, -0.1) is 0 Å². The highest BCUT2D eigenvalue weighted by Gasteiger charge is 2.13. The van der Waals surface area contributed by atoms with Crippen LogP contribution in [0.2, 0.25) is 0 Å². The monoisotopic (exact) mass is 260 g/mol. The van der Waals surface area contributed by atoms with Crippen molar-refractivity contribution in [2.24, 2.45) is 0 Å². The molecule has 2 aromatic rings. The van der Waals surface area contributed by atoms with E-state index in [0.29, 0.717) is 17.0 Å². The van der Waals surface area contributed by atoms with Crippen molar-refractivity contribution in [3.8, 4) is 5.88 Å². The van der Waals surface area contributed by atoms with Crippen molar-refractivity contribution in [1.29, 1.82) is 0 Å². The van der Waals surface area contributed by atoms with Gasteiger partial charge in [-0.3, -0.25) is 10.1 Å². The van der Waals surface area contributed by atoms with E-state index in [1.54, 1.807) is 12.1 Å². The molecule has 6 heteroatoms. The Labute approximate surface area is 109 Å². The highest BCUT2D eigenvalue weighted by atomic mass is 16.6. The van der Waals surface area contributed by atoms with E-state index in [9.17, 15) is 15.2 Å². The molecule has 1 heterocycles. The molecule has 2 rings (SSSR count). The molecule has 1 aromatic heterocycles. The lowest BCUT2D eigenvalue weighted by Crippen LogP contribution is -2.01. The summed E-state index contributed by atoms with van der Waals surface area (Å²) in [6.07, 6.45) is 0.629. The molecule has 19 heavy (non-hydrogen) atoms. The van der Waals surface area contributed by atoms with Gasteiger partial charge in [0.05, 0.1) is 12.0 Å². The summed E-state index contributed by atoms with van der Waals surface area (Å²) in [6, 6.07) is 9.09. The maximum absolute atomic E-state index is 10.5. The predicted octanol–water partition coefficient (Wildman–Crippen LogP) is 2.08. The number of nitrogens with zero attached hydrogens (tertiary/aromatic N) is 2. The first-order chi connectivity index (χ1) is 9.11. The number of hydrogen-bond acceptors (Lipinski definition) is 5. The lowest BCUT2D eigenvalue weighted by atomic mass is 10.0. The van der Waals surface area contributed by atoms with Gasteiger partial charge in [-0.05, 0) is 23.8 Å². The van der Waals surface area contributed by atoms with Crippen molar-refractivity contribution in [3.63, 3.8) is 0 Å². The summed E-state index contributed by atoms with van der Waals surface area (Å²) < 4.78 is 4.93. The van der Waals surface area contributed by atoms with Crippen molar-refractivity contribution in [1.82, 2.24) is 4.98 Å². The summed E-state index contributed by atoms with van der Waals surface area (Å²) >= 11 is 0. The second-order valence-electron chi connectivity index (χ2n) is 3.89. The SMILES string of the molecule is COc1ccc(C(O)c2ccc([N+](=O)[O-])cc2)cn1. The van der Waals surface area contributed by atoms with Gasteiger partial charge in [-0.2, -0.15) is 0 Å². The third-order valence-corrected chi connectivity index (χ3v) is 2.70. The zero-order valence-electron chi connectivity index (χ0n) is 10.2. The first-order valence-corrected chi connectivity index (χ1v) is 5.54. The summed E-state index contributed by atoms with van der Waals surface area (Å²) in [7, 11) is 1.51. The van der Waals surface area contributed by atoms with Gasteiger partial charge in [-0.1, -0.05) is 0 Å². The number of aliphatic hydroxyl groups is 1. The standard InChI is InChI=1S/C13H12N2O4/c1-19-12-7-4-10(8-14-12)13(16)9-2-5-11(6-3-9)15(17)18/h2-8,13,16H,1H3. The highest BCUT2D eigenvalue weighted by Crippen LogP contribution is 2.24. The first kappa shape index (κ1) is 13.0. The fourth-order valence-electron chi connectivity index (χ4n) is 1.65. The molecule has 0 amide bonds. The number of benzene rings is 1. The summed E-state index contributed by atoms with van der Waals surface area (Å²) in [5.41, 5.74) is 1.15. The van der Waals surface area contributed by atoms with E-state index >= 15 is 0 Å². The Hall–Kier alpha value is -2.47. The summed E-state index contributed by atoms with van der Waals surface area (Å²) in [4.78, 5) is 14.1. The largest absolute Gasteiger partial charge is 0.481 e. The third-order valence-electron chi connectivity index (χ3n) is 2.70. The zero-order chi connectivity index (χ0) is 13.8. The molecule has 0 radical (unpaired) electrons. The van der Waals surface area contributed by atoms with E-state index in [0.717, 1.165) is 0 Å².